The van der Waals surface area contributed by atoms with E-state index >= 15 is 0 Å². The van der Waals surface area contributed by atoms with Gasteiger partial charge in [-0.15, -0.1) is 11.3 Å². The van der Waals surface area contributed by atoms with Crippen LogP contribution in [0.2, 0.25) is 0 Å². The van der Waals surface area contributed by atoms with E-state index in [1.54, 1.807) is 18.2 Å². The number of anilines is 2. The predicted molar refractivity (Wildman–Crippen MR) is 154 cm³/mol. The molecule has 1 fully saturated rings. The highest BCUT2D eigenvalue weighted by Crippen LogP contribution is 2.32. The molecule has 2 aliphatic heterocycles. The summed E-state index contributed by atoms with van der Waals surface area (Å²) in [4.78, 5) is 28.8. The largest absolute Gasteiger partial charge is 0.486 e. The molecule has 0 saturated carbocycles. The standard InChI is InChI=1S/C30H29FN4O4S/c31-23-6-5-22(33-29(36)21-4-7-25-26(15-21)39-13-12-38-25)17-24(23)34-30(37)28-16-20-3-2-19(14-27(20)40-28)18-35-10-1-8-32-9-11-35/h2-7,14-17,32H,1,8-13,18H2,(H,33,36)(H,34,37). The summed E-state index contributed by atoms with van der Waals surface area (Å²) in [5.41, 5.74) is 1.91. The van der Waals surface area contributed by atoms with Crippen LogP contribution in [0.5, 0.6) is 11.5 Å². The third-order valence-corrected chi connectivity index (χ3v) is 8.02. The van der Waals surface area contributed by atoms with Crippen molar-refractivity contribution in [2.75, 3.05) is 50.0 Å². The van der Waals surface area contributed by atoms with Crippen molar-refractivity contribution in [1.29, 1.82) is 0 Å². The Balaban J connectivity index is 1.14. The van der Waals surface area contributed by atoms with Crippen molar-refractivity contribution in [1.82, 2.24) is 10.2 Å². The lowest BCUT2D eigenvalue weighted by atomic mass is 10.1. The van der Waals surface area contributed by atoms with Crippen LogP contribution < -0.4 is 25.4 Å². The summed E-state index contributed by atoms with van der Waals surface area (Å²) in [5.74, 6) is -0.308. The van der Waals surface area contributed by atoms with Crippen LogP contribution in [0.3, 0.4) is 0 Å². The predicted octanol–water partition coefficient (Wildman–Crippen LogP) is 5.11. The summed E-state index contributed by atoms with van der Waals surface area (Å²) >= 11 is 1.38. The van der Waals surface area contributed by atoms with Crippen LogP contribution in [0.4, 0.5) is 15.8 Å². The zero-order valence-electron chi connectivity index (χ0n) is 21.8. The van der Waals surface area contributed by atoms with E-state index in [1.165, 1.54) is 35.1 Å². The molecule has 0 spiro atoms. The van der Waals surface area contributed by atoms with E-state index < -0.39 is 17.6 Å². The number of thiophene rings is 1. The Kier molecular flexibility index (Phi) is 7.63. The van der Waals surface area contributed by atoms with Gasteiger partial charge in [-0.25, -0.2) is 4.39 Å². The van der Waals surface area contributed by atoms with Gasteiger partial charge in [0, 0.05) is 35.6 Å². The van der Waals surface area contributed by atoms with Gasteiger partial charge in [-0.1, -0.05) is 12.1 Å². The molecule has 10 heteroatoms. The average Bonchev–Trinajstić information content (AvgIpc) is 3.23. The smallest absolute Gasteiger partial charge is 0.265 e. The van der Waals surface area contributed by atoms with Crippen molar-refractivity contribution in [3.63, 3.8) is 0 Å². The molecule has 2 aliphatic rings. The molecular weight excluding hydrogens is 531 g/mol. The van der Waals surface area contributed by atoms with Gasteiger partial charge in [0.2, 0.25) is 0 Å². The van der Waals surface area contributed by atoms with Crippen LogP contribution in [0, 0.1) is 5.82 Å². The highest BCUT2D eigenvalue weighted by Gasteiger charge is 2.18. The van der Waals surface area contributed by atoms with Crippen molar-refractivity contribution in [3.8, 4) is 11.5 Å². The molecule has 3 heterocycles. The van der Waals surface area contributed by atoms with Gasteiger partial charge in [-0.05, 0) is 79.0 Å². The van der Waals surface area contributed by atoms with Crippen LogP contribution in [-0.4, -0.2) is 56.1 Å². The Labute approximate surface area is 235 Å². The number of nitrogens with one attached hydrogen (secondary N) is 3. The Morgan fingerprint density at radius 2 is 1.77 bits per heavy atom. The molecule has 1 aromatic heterocycles. The fourth-order valence-electron chi connectivity index (χ4n) is 4.87. The molecule has 4 aromatic rings. The first-order valence-corrected chi connectivity index (χ1v) is 14.1. The third kappa shape index (κ3) is 5.94. The Bertz CT molecular complexity index is 1560. The zero-order valence-corrected chi connectivity index (χ0v) is 22.6. The lowest BCUT2D eigenvalue weighted by molar-refractivity contribution is 0.102. The molecule has 0 aliphatic carbocycles. The summed E-state index contributed by atoms with van der Waals surface area (Å²) in [6.07, 6.45) is 1.13. The van der Waals surface area contributed by atoms with Crippen LogP contribution in [0.1, 0.15) is 32.0 Å². The van der Waals surface area contributed by atoms with E-state index in [4.69, 9.17) is 9.47 Å². The molecule has 40 heavy (non-hydrogen) atoms. The lowest BCUT2D eigenvalue weighted by Gasteiger charge is -2.19. The van der Waals surface area contributed by atoms with Crippen LogP contribution in [0.15, 0.2) is 60.7 Å². The number of hydrogen-bond acceptors (Lipinski definition) is 7. The molecule has 0 atom stereocenters. The fourth-order valence-corrected chi connectivity index (χ4v) is 5.90. The molecule has 6 rings (SSSR count). The quantitative estimate of drug-likeness (QED) is 0.304. The normalized spacial score (nSPS) is 15.4. The number of carbonyl (C=O) groups excluding carboxylic acids is 2. The SMILES string of the molecule is O=C(Nc1ccc(F)c(NC(=O)c2cc3ccc(CN4CCCNCC4)cc3s2)c1)c1ccc2c(c1)OCCO2. The monoisotopic (exact) mass is 560 g/mol. The van der Waals surface area contributed by atoms with Gasteiger partial charge in [0.25, 0.3) is 11.8 Å². The van der Waals surface area contributed by atoms with Crippen molar-refractivity contribution in [2.45, 2.75) is 13.0 Å². The lowest BCUT2D eigenvalue weighted by Crippen LogP contribution is -2.27. The van der Waals surface area contributed by atoms with Gasteiger partial charge in [0.15, 0.2) is 11.5 Å². The summed E-state index contributed by atoms with van der Waals surface area (Å²) in [6, 6.07) is 17.1. The highest BCUT2D eigenvalue weighted by atomic mass is 32.1. The number of fused-ring (bicyclic) bond motifs is 2. The minimum absolute atomic E-state index is 0.0158. The number of nitrogens with zero attached hydrogens (tertiary/aromatic N) is 1. The molecule has 3 aromatic carbocycles. The maximum atomic E-state index is 14.6. The van der Waals surface area contributed by atoms with Crippen LogP contribution in [-0.2, 0) is 6.54 Å². The summed E-state index contributed by atoms with van der Waals surface area (Å²) in [5, 5.41) is 9.81. The van der Waals surface area contributed by atoms with E-state index in [1.807, 2.05) is 12.1 Å². The van der Waals surface area contributed by atoms with Crippen molar-refractivity contribution in [2.24, 2.45) is 0 Å². The molecular formula is C30H29FN4O4S. The molecule has 8 nitrogen and oxygen atoms in total. The summed E-state index contributed by atoms with van der Waals surface area (Å²) in [7, 11) is 0. The number of hydrogen-bond donors (Lipinski definition) is 3. The van der Waals surface area contributed by atoms with Crippen molar-refractivity contribution < 1.29 is 23.5 Å². The number of ether oxygens (including phenoxy) is 2. The maximum Gasteiger partial charge on any atom is 0.265 e. The first-order chi connectivity index (χ1) is 19.5. The molecule has 3 N–H and O–H groups in total. The van der Waals surface area contributed by atoms with Gasteiger partial charge in [-0.2, -0.15) is 0 Å². The van der Waals surface area contributed by atoms with Crippen LogP contribution in [0.25, 0.3) is 10.1 Å². The molecule has 0 bridgehead atoms. The first-order valence-electron chi connectivity index (χ1n) is 13.3. The Morgan fingerprint density at radius 3 is 2.67 bits per heavy atom. The van der Waals surface area contributed by atoms with E-state index in [0.29, 0.717) is 40.8 Å². The topological polar surface area (TPSA) is 91.9 Å². The van der Waals surface area contributed by atoms with Crippen molar-refractivity contribution in [3.05, 3.63) is 82.5 Å². The third-order valence-electron chi connectivity index (χ3n) is 6.92. The molecule has 0 radical (unpaired) electrons. The van der Waals surface area contributed by atoms with Gasteiger partial charge in [0.05, 0.1) is 10.6 Å². The molecule has 206 valence electrons. The second-order valence-electron chi connectivity index (χ2n) is 9.82. The summed E-state index contributed by atoms with van der Waals surface area (Å²) in [6.45, 7) is 5.86. The van der Waals surface area contributed by atoms with E-state index in [0.717, 1.165) is 49.2 Å². The molecule has 1 saturated heterocycles. The Hall–Kier alpha value is -3.99. The van der Waals surface area contributed by atoms with Gasteiger partial charge in [-0.3, -0.25) is 14.5 Å². The van der Waals surface area contributed by atoms with E-state index in [2.05, 4.69) is 33.0 Å². The van der Waals surface area contributed by atoms with Crippen LogP contribution >= 0.6 is 11.3 Å². The second-order valence-corrected chi connectivity index (χ2v) is 10.9. The number of halogens is 1. The molecule has 2 amide bonds. The highest BCUT2D eigenvalue weighted by molar-refractivity contribution is 7.20. The first kappa shape index (κ1) is 26.2. The fraction of sp³-hybridized carbons (Fsp3) is 0.267. The van der Waals surface area contributed by atoms with E-state index in [-0.39, 0.29) is 5.69 Å². The number of amides is 2. The van der Waals surface area contributed by atoms with Crippen molar-refractivity contribution >= 4 is 44.6 Å². The van der Waals surface area contributed by atoms with Gasteiger partial charge in [0.1, 0.15) is 19.0 Å². The maximum absolute atomic E-state index is 14.6. The van der Waals surface area contributed by atoms with E-state index in [9.17, 15) is 14.0 Å². The minimum Gasteiger partial charge on any atom is -0.486 e. The Morgan fingerprint density at radius 1 is 0.900 bits per heavy atom. The zero-order chi connectivity index (χ0) is 27.5. The molecule has 0 unspecified atom stereocenters. The average molecular weight is 561 g/mol. The van der Waals surface area contributed by atoms with Gasteiger partial charge < -0.3 is 25.4 Å². The number of carbonyl (C=O) groups is 2. The number of benzene rings is 3. The number of rotatable bonds is 6. The van der Waals surface area contributed by atoms with Gasteiger partial charge >= 0.3 is 0 Å². The second kappa shape index (κ2) is 11.6. The minimum atomic E-state index is -0.596. The summed E-state index contributed by atoms with van der Waals surface area (Å²) < 4.78 is 26.7.